The van der Waals surface area contributed by atoms with Gasteiger partial charge in [-0.25, -0.2) is 4.98 Å². The Balaban J connectivity index is 1.26. The lowest BCUT2D eigenvalue weighted by atomic mass is 9.82. The summed E-state index contributed by atoms with van der Waals surface area (Å²) < 4.78 is 3.88. The van der Waals surface area contributed by atoms with Crippen molar-refractivity contribution in [3.63, 3.8) is 0 Å². The van der Waals surface area contributed by atoms with Gasteiger partial charge in [-0.1, -0.05) is 121 Å². The summed E-state index contributed by atoms with van der Waals surface area (Å²) in [4.78, 5) is 15.2. The van der Waals surface area contributed by atoms with Gasteiger partial charge in [-0.2, -0.15) is 9.97 Å². The smallest absolute Gasteiger partial charge is 0.238 e. The van der Waals surface area contributed by atoms with Crippen LogP contribution in [0.25, 0.3) is 89.2 Å². The van der Waals surface area contributed by atoms with Gasteiger partial charge < -0.3 is 19.9 Å². The normalized spacial score (nSPS) is 11.6. The summed E-state index contributed by atoms with van der Waals surface area (Å²) in [6.45, 7) is 0. The first kappa shape index (κ1) is 32.3. The van der Waals surface area contributed by atoms with Gasteiger partial charge in [0.1, 0.15) is 15.7 Å². The van der Waals surface area contributed by atoms with Gasteiger partial charge in [0.2, 0.25) is 5.95 Å². The highest BCUT2D eigenvalue weighted by Crippen LogP contribution is 2.41. The van der Waals surface area contributed by atoms with Crippen molar-refractivity contribution < 1.29 is 15.3 Å². The van der Waals surface area contributed by atoms with Crippen molar-refractivity contribution in [1.82, 2.24) is 24.1 Å². The predicted octanol–water partition coefficient (Wildman–Crippen LogP) is 7.77. The van der Waals surface area contributed by atoms with E-state index in [0.717, 1.165) is 65.9 Å². The van der Waals surface area contributed by atoms with Crippen LogP contribution in [0.5, 0.6) is 17.2 Å². The third-order valence-corrected chi connectivity index (χ3v) is 10.3. The highest BCUT2D eigenvalue weighted by Gasteiger charge is 2.24. The molecule has 0 saturated carbocycles. The molecule has 0 spiro atoms. The average molecular weight is 707 g/mol. The molecule has 0 saturated heterocycles. The fourth-order valence-corrected chi connectivity index (χ4v) is 7.62. The zero-order valence-electron chi connectivity index (χ0n) is 29.1. The van der Waals surface area contributed by atoms with Crippen LogP contribution in [0.3, 0.4) is 0 Å². The Labute approximate surface area is 317 Å². The lowest BCUT2D eigenvalue weighted by molar-refractivity contribution is 0.372. The van der Waals surface area contributed by atoms with Crippen LogP contribution in [0.2, 0.25) is 0 Å². The second kappa shape index (κ2) is 12.4. The van der Waals surface area contributed by atoms with Crippen LogP contribution >= 0.6 is 0 Å². The minimum absolute atomic E-state index is 0.162. The predicted molar refractivity (Wildman–Crippen MR) is 221 cm³/mol. The molecular formula is C45H27B2N5O3. The molecule has 10 rings (SSSR count). The molecule has 10 aromatic rings. The van der Waals surface area contributed by atoms with E-state index in [1.807, 2.05) is 114 Å². The summed E-state index contributed by atoms with van der Waals surface area (Å²) in [5.74, 6) is -0.560. The molecule has 3 aromatic heterocycles. The number of nitrogens with zero attached hydrogens (tertiary/aromatic N) is 5. The molecule has 55 heavy (non-hydrogen) atoms. The zero-order chi connectivity index (χ0) is 37.4. The average Bonchev–Trinajstić information content (AvgIpc) is 3.74. The molecule has 3 heterocycles. The van der Waals surface area contributed by atoms with E-state index in [1.165, 1.54) is 0 Å². The molecule has 0 bridgehead atoms. The van der Waals surface area contributed by atoms with Crippen molar-refractivity contribution >= 4 is 70.2 Å². The fraction of sp³-hybridized carbons (Fsp3) is 0. The van der Waals surface area contributed by atoms with E-state index in [-0.39, 0.29) is 16.6 Å². The van der Waals surface area contributed by atoms with Gasteiger partial charge in [-0.3, -0.25) is 4.57 Å². The van der Waals surface area contributed by atoms with Crippen LogP contribution in [0.4, 0.5) is 0 Å². The number of hydrogen-bond donors (Lipinski definition) is 3. The number of fused-ring (bicyclic) bond motifs is 6. The molecule has 0 aliphatic carbocycles. The zero-order valence-corrected chi connectivity index (χ0v) is 29.1. The van der Waals surface area contributed by atoms with Crippen LogP contribution in [-0.2, 0) is 0 Å². The molecule has 0 atom stereocenters. The number of benzene rings is 7. The van der Waals surface area contributed by atoms with E-state index in [9.17, 15) is 15.3 Å². The fourth-order valence-electron chi connectivity index (χ4n) is 7.62. The Kier molecular flexibility index (Phi) is 7.28. The van der Waals surface area contributed by atoms with E-state index in [4.69, 9.17) is 30.6 Å². The molecule has 256 valence electrons. The molecule has 0 unspecified atom stereocenters. The topological polar surface area (TPSA) is 109 Å². The summed E-state index contributed by atoms with van der Waals surface area (Å²) in [5.41, 5.74) is 6.94. The van der Waals surface area contributed by atoms with Crippen molar-refractivity contribution in [2.45, 2.75) is 0 Å². The molecule has 0 fully saturated rings. The van der Waals surface area contributed by atoms with Crippen LogP contribution in [0, 0.1) is 0 Å². The van der Waals surface area contributed by atoms with E-state index in [2.05, 4.69) is 41.0 Å². The van der Waals surface area contributed by atoms with Crippen molar-refractivity contribution in [2.75, 3.05) is 0 Å². The summed E-state index contributed by atoms with van der Waals surface area (Å²) in [5, 5.41) is 35.4. The van der Waals surface area contributed by atoms with E-state index < -0.39 is 17.2 Å². The first-order valence-corrected chi connectivity index (χ1v) is 17.6. The highest BCUT2D eigenvalue weighted by molar-refractivity contribution is 6.45. The number of aromatic hydroxyl groups is 3. The number of phenolic OH excluding ortho intramolecular Hbond substituents is 3. The molecule has 0 aliphatic heterocycles. The summed E-state index contributed by atoms with van der Waals surface area (Å²) in [6.07, 6.45) is 0. The summed E-state index contributed by atoms with van der Waals surface area (Å²) in [6, 6.07) is 48.3. The van der Waals surface area contributed by atoms with Crippen LogP contribution in [0.1, 0.15) is 0 Å². The standard InChI is InChI=1S/C45H27B2N5O3/c46-37-39(38(47)41(54)42(55)40(37)53)51-33-17-9-7-15-29(33)31-24-36-32(23-35(31)51)30-16-8-10-18-34(30)52(36)45-49-43(27-13-5-2-6-14-27)48-44(50-45)28-21-19-26(20-22-28)25-11-3-1-4-12-25/h1-24,53-55H. The van der Waals surface area contributed by atoms with Gasteiger partial charge in [-0.05, 0) is 46.3 Å². The first-order valence-electron chi connectivity index (χ1n) is 17.6. The molecule has 0 aliphatic rings. The number of phenols is 3. The Morgan fingerprint density at radius 1 is 0.382 bits per heavy atom. The summed E-state index contributed by atoms with van der Waals surface area (Å²) >= 11 is 0. The van der Waals surface area contributed by atoms with E-state index in [0.29, 0.717) is 17.6 Å². The van der Waals surface area contributed by atoms with Crippen LogP contribution in [-0.4, -0.2) is 55.1 Å². The highest BCUT2D eigenvalue weighted by atomic mass is 16.3. The second-order valence-corrected chi connectivity index (χ2v) is 13.4. The van der Waals surface area contributed by atoms with Crippen molar-refractivity contribution in [2.24, 2.45) is 0 Å². The van der Waals surface area contributed by atoms with Gasteiger partial charge in [0.25, 0.3) is 0 Å². The SMILES string of the molecule is [B]c1c(O)c(O)c(O)c([B])c1-n1c2ccccc2c2cc3c(cc21)c1ccccc1n3-c1nc(-c2ccccc2)nc(-c2ccc(-c3ccccc3)cc2)n1. The maximum atomic E-state index is 10.7. The second-order valence-electron chi connectivity index (χ2n) is 13.4. The molecule has 3 N–H and O–H groups in total. The van der Waals surface area contributed by atoms with Gasteiger partial charge in [0.05, 0.1) is 22.1 Å². The first-order chi connectivity index (χ1) is 26.9. The van der Waals surface area contributed by atoms with Crippen molar-refractivity contribution in [3.8, 4) is 62.8 Å². The minimum Gasteiger partial charge on any atom is -0.505 e. The Morgan fingerprint density at radius 2 is 0.800 bits per heavy atom. The molecular weight excluding hydrogens is 680 g/mol. The quantitative estimate of drug-likeness (QED) is 0.125. The van der Waals surface area contributed by atoms with E-state index >= 15 is 0 Å². The van der Waals surface area contributed by atoms with E-state index in [1.54, 1.807) is 0 Å². The monoisotopic (exact) mass is 707 g/mol. The Hall–Kier alpha value is -7.32. The lowest BCUT2D eigenvalue weighted by Crippen LogP contribution is -2.25. The number of hydrogen-bond acceptors (Lipinski definition) is 6. The van der Waals surface area contributed by atoms with Crippen LogP contribution < -0.4 is 10.9 Å². The van der Waals surface area contributed by atoms with Gasteiger partial charge >= 0.3 is 0 Å². The van der Waals surface area contributed by atoms with Crippen molar-refractivity contribution in [1.29, 1.82) is 0 Å². The number of rotatable bonds is 5. The third-order valence-electron chi connectivity index (χ3n) is 10.3. The molecule has 7 aromatic carbocycles. The molecule has 4 radical (unpaired) electrons. The maximum Gasteiger partial charge on any atom is 0.238 e. The molecule has 8 nitrogen and oxygen atoms in total. The molecule has 10 heteroatoms. The lowest BCUT2D eigenvalue weighted by Gasteiger charge is -2.19. The van der Waals surface area contributed by atoms with Crippen LogP contribution in [0.15, 0.2) is 146 Å². The largest absolute Gasteiger partial charge is 0.505 e. The Bertz CT molecular complexity index is 3110. The summed E-state index contributed by atoms with van der Waals surface area (Å²) in [7, 11) is 12.8. The number of para-hydroxylation sites is 2. The maximum absolute atomic E-state index is 10.7. The third kappa shape index (κ3) is 4.99. The van der Waals surface area contributed by atoms with Gasteiger partial charge in [0.15, 0.2) is 28.9 Å². The molecule has 0 amide bonds. The van der Waals surface area contributed by atoms with Gasteiger partial charge in [0, 0.05) is 38.4 Å². The van der Waals surface area contributed by atoms with Crippen molar-refractivity contribution in [3.05, 3.63) is 146 Å². The Morgan fingerprint density at radius 3 is 1.36 bits per heavy atom. The van der Waals surface area contributed by atoms with Gasteiger partial charge in [-0.15, -0.1) is 0 Å². The minimum atomic E-state index is -0.774. The number of aromatic nitrogens is 5.